The van der Waals surface area contributed by atoms with Crippen molar-refractivity contribution >= 4 is 11.7 Å². The molecule has 0 aromatic carbocycles. The smallest absolute Gasteiger partial charge is 0.0992 e. The van der Waals surface area contributed by atoms with E-state index in [2.05, 4.69) is 9.80 Å². The lowest BCUT2D eigenvalue weighted by Crippen LogP contribution is -2.43. The quantitative estimate of drug-likeness (QED) is 0.732. The first-order valence-corrected chi connectivity index (χ1v) is 8.47. The first-order valence-electron chi connectivity index (χ1n) is 8.47. The van der Waals surface area contributed by atoms with Crippen molar-refractivity contribution in [1.82, 2.24) is 9.80 Å². The highest BCUT2D eigenvalue weighted by atomic mass is 15.2. The lowest BCUT2D eigenvalue weighted by atomic mass is 9.89. The molecule has 20 heavy (non-hydrogen) atoms. The normalized spacial score (nSPS) is 34.0. The van der Waals surface area contributed by atoms with E-state index in [0.29, 0.717) is 0 Å². The second-order valence-corrected chi connectivity index (χ2v) is 6.84. The number of aliphatic imine (C=N–C) groups is 2. The van der Waals surface area contributed by atoms with Gasteiger partial charge in [0.1, 0.15) is 0 Å². The SMILES string of the molecule is C1CCC2=NCC(C3CC4=NCCCN4C3)CN2CC1. The molecule has 0 aromatic rings. The maximum absolute atomic E-state index is 4.94. The third kappa shape index (κ3) is 2.33. The minimum Gasteiger partial charge on any atom is -0.360 e. The number of hydrogen-bond donors (Lipinski definition) is 0. The molecule has 0 saturated carbocycles. The summed E-state index contributed by atoms with van der Waals surface area (Å²) in [6.45, 7) is 7.09. The molecule has 0 aliphatic carbocycles. The molecule has 0 spiro atoms. The zero-order valence-corrected chi connectivity index (χ0v) is 12.4. The van der Waals surface area contributed by atoms with E-state index in [1.807, 2.05) is 0 Å². The Balaban J connectivity index is 1.44. The number of fused-ring (bicyclic) bond motifs is 2. The summed E-state index contributed by atoms with van der Waals surface area (Å²) in [5.74, 6) is 4.35. The summed E-state index contributed by atoms with van der Waals surface area (Å²) in [5.41, 5.74) is 0. The van der Waals surface area contributed by atoms with Crippen LogP contribution < -0.4 is 0 Å². The van der Waals surface area contributed by atoms with Crippen LogP contribution in [-0.2, 0) is 0 Å². The largest absolute Gasteiger partial charge is 0.360 e. The van der Waals surface area contributed by atoms with Gasteiger partial charge in [-0.2, -0.15) is 0 Å². The average Bonchev–Trinajstić information content (AvgIpc) is 2.78. The maximum Gasteiger partial charge on any atom is 0.0992 e. The molecule has 4 heterocycles. The summed E-state index contributed by atoms with van der Waals surface area (Å²) >= 11 is 0. The number of rotatable bonds is 1. The summed E-state index contributed by atoms with van der Waals surface area (Å²) in [6.07, 6.45) is 7.76. The van der Waals surface area contributed by atoms with Gasteiger partial charge in [-0.1, -0.05) is 6.42 Å². The van der Waals surface area contributed by atoms with Crippen LogP contribution >= 0.6 is 0 Å². The van der Waals surface area contributed by atoms with Crippen molar-refractivity contribution in [3.63, 3.8) is 0 Å². The van der Waals surface area contributed by atoms with Crippen LogP contribution in [0, 0.1) is 11.8 Å². The number of nitrogens with zero attached hydrogens (tertiary/aromatic N) is 4. The fourth-order valence-corrected chi connectivity index (χ4v) is 4.27. The molecule has 4 aliphatic rings. The first-order chi connectivity index (χ1) is 9.90. The van der Waals surface area contributed by atoms with E-state index in [1.54, 1.807) is 0 Å². The minimum absolute atomic E-state index is 0.755. The van der Waals surface area contributed by atoms with Crippen LogP contribution in [-0.4, -0.2) is 60.7 Å². The Hall–Kier alpha value is -1.06. The Morgan fingerprint density at radius 3 is 2.60 bits per heavy atom. The van der Waals surface area contributed by atoms with Gasteiger partial charge in [0.05, 0.1) is 11.7 Å². The van der Waals surface area contributed by atoms with Crippen molar-refractivity contribution in [3.8, 4) is 0 Å². The fraction of sp³-hybridized carbons (Fsp3) is 0.875. The van der Waals surface area contributed by atoms with Gasteiger partial charge in [0.25, 0.3) is 0 Å². The molecule has 4 aliphatic heterocycles. The molecule has 0 radical (unpaired) electrons. The highest BCUT2D eigenvalue weighted by molar-refractivity contribution is 5.85. The lowest BCUT2D eigenvalue weighted by Gasteiger charge is -2.35. The highest BCUT2D eigenvalue weighted by Gasteiger charge is 2.36. The van der Waals surface area contributed by atoms with Gasteiger partial charge in [-0.05, 0) is 25.2 Å². The Bertz CT molecular complexity index is 428. The summed E-state index contributed by atoms with van der Waals surface area (Å²) < 4.78 is 0. The van der Waals surface area contributed by atoms with Gasteiger partial charge in [-0.3, -0.25) is 9.98 Å². The molecule has 4 rings (SSSR count). The van der Waals surface area contributed by atoms with Crippen LogP contribution in [0.3, 0.4) is 0 Å². The Kier molecular flexibility index (Phi) is 3.41. The van der Waals surface area contributed by atoms with Gasteiger partial charge in [0.2, 0.25) is 0 Å². The van der Waals surface area contributed by atoms with E-state index in [0.717, 1.165) is 24.9 Å². The monoisotopic (exact) mass is 274 g/mol. The Morgan fingerprint density at radius 2 is 1.65 bits per heavy atom. The second-order valence-electron chi connectivity index (χ2n) is 6.84. The molecule has 2 saturated heterocycles. The van der Waals surface area contributed by atoms with Crippen LogP contribution in [0.2, 0.25) is 0 Å². The maximum atomic E-state index is 4.94. The topological polar surface area (TPSA) is 31.2 Å². The fourth-order valence-electron chi connectivity index (χ4n) is 4.27. The summed E-state index contributed by atoms with van der Waals surface area (Å²) in [7, 11) is 0. The first kappa shape index (κ1) is 12.7. The van der Waals surface area contributed by atoms with E-state index in [9.17, 15) is 0 Å². The average molecular weight is 274 g/mol. The highest BCUT2D eigenvalue weighted by Crippen LogP contribution is 2.31. The second kappa shape index (κ2) is 5.38. The summed E-state index contributed by atoms with van der Waals surface area (Å²) in [4.78, 5) is 14.8. The van der Waals surface area contributed by atoms with Crippen LogP contribution in [0.4, 0.5) is 0 Å². The third-order valence-electron chi connectivity index (χ3n) is 5.47. The van der Waals surface area contributed by atoms with Gasteiger partial charge in [-0.25, -0.2) is 0 Å². The van der Waals surface area contributed by atoms with Crippen molar-refractivity contribution in [3.05, 3.63) is 0 Å². The Labute approximate surface area is 122 Å². The van der Waals surface area contributed by atoms with Crippen LogP contribution in [0.25, 0.3) is 0 Å². The zero-order valence-electron chi connectivity index (χ0n) is 12.4. The standard InChI is InChI=1S/C16H26N4/c1-2-5-15-18-10-14(12-19(15)7-3-1)13-9-16-17-6-4-8-20(16)11-13/h13-14H,1-12H2. The van der Waals surface area contributed by atoms with E-state index in [-0.39, 0.29) is 0 Å². The number of hydrogen-bond acceptors (Lipinski definition) is 4. The van der Waals surface area contributed by atoms with E-state index < -0.39 is 0 Å². The molecule has 4 nitrogen and oxygen atoms in total. The lowest BCUT2D eigenvalue weighted by molar-refractivity contribution is 0.236. The van der Waals surface area contributed by atoms with Crippen molar-refractivity contribution in [2.24, 2.45) is 21.8 Å². The molecule has 0 N–H and O–H groups in total. The molecule has 2 atom stereocenters. The molecule has 110 valence electrons. The van der Waals surface area contributed by atoms with Gasteiger partial charge in [0.15, 0.2) is 0 Å². The van der Waals surface area contributed by atoms with E-state index in [1.165, 1.54) is 76.4 Å². The van der Waals surface area contributed by atoms with Crippen molar-refractivity contribution < 1.29 is 0 Å². The molecular formula is C16H26N4. The third-order valence-corrected chi connectivity index (χ3v) is 5.47. The molecule has 4 heteroatoms. The van der Waals surface area contributed by atoms with Crippen molar-refractivity contribution in [1.29, 1.82) is 0 Å². The van der Waals surface area contributed by atoms with E-state index in [4.69, 9.17) is 9.98 Å². The van der Waals surface area contributed by atoms with Crippen LogP contribution in [0.15, 0.2) is 9.98 Å². The van der Waals surface area contributed by atoms with Gasteiger partial charge in [-0.15, -0.1) is 0 Å². The Morgan fingerprint density at radius 1 is 0.800 bits per heavy atom. The molecular weight excluding hydrogens is 248 g/mol. The predicted octanol–water partition coefficient (Wildman–Crippen LogP) is 2.01. The molecule has 0 amide bonds. The molecule has 0 aromatic heterocycles. The molecule has 2 unspecified atom stereocenters. The molecule has 2 fully saturated rings. The summed E-state index contributed by atoms with van der Waals surface area (Å²) in [6, 6.07) is 0. The molecule has 0 bridgehead atoms. The number of amidine groups is 2. The van der Waals surface area contributed by atoms with Crippen LogP contribution in [0.1, 0.15) is 38.5 Å². The van der Waals surface area contributed by atoms with Gasteiger partial charge >= 0.3 is 0 Å². The van der Waals surface area contributed by atoms with Crippen molar-refractivity contribution in [2.75, 3.05) is 39.3 Å². The summed E-state index contributed by atoms with van der Waals surface area (Å²) in [5, 5.41) is 0. The predicted molar refractivity (Wildman–Crippen MR) is 82.4 cm³/mol. The van der Waals surface area contributed by atoms with Crippen LogP contribution in [0.5, 0.6) is 0 Å². The minimum atomic E-state index is 0.755. The zero-order chi connectivity index (χ0) is 13.4. The van der Waals surface area contributed by atoms with Gasteiger partial charge < -0.3 is 9.80 Å². The van der Waals surface area contributed by atoms with E-state index >= 15 is 0 Å². The van der Waals surface area contributed by atoms with Crippen molar-refractivity contribution in [2.45, 2.75) is 38.5 Å². The van der Waals surface area contributed by atoms with Gasteiger partial charge in [0, 0.05) is 58.0 Å².